The summed E-state index contributed by atoms with van der Waals surface area (Å²) in [6.07, 6.45) is 0.806. The van der Waals surface area contributed by atoms with Gasteiger partial charge in [0, 0.05) is 0 Å². The van der Waals surface area contributed by atoms with Crippen molar-refractivity contribution in [2.45, 2.75) is 32.4 Å². The van der Waals surface area contributed by atoms with Crippen LogP contribution in [0.25, 0.3) is 0 Å². The monoisotopic (exact) mass is 276 g/mol. The van der Waals surface area contributed by atoms with Gasteiger partial charge in [-0.3, -0.25) is 9.59 Å². The molecule has 0 aliphatic rings. The normalized spacial score (nSPS) is 13.2. The van der Waals surface area contributed by atoms with E-state index in [9.17, 15) is 14.7 Å². The molecule has 0 aliphatic carbocycles. The number of hydrogen-bond donors (Lipinski definition) is 3. The highest BCUT2D eigenvalue weighted by atomic mass is 16.3. The lowest BCUT2D eigenvalue weighted by molar-refractivity contribution is -0.133. The fourth-order valence-corrected chi connectivity index (χ4v) is 1.64. The summed E-state index contributed by atoms with van der Waals surface area (Å²) < 4.78 is 0. The smallest absolute Gasteiger partial charge is 0.254 e. The van der Waals surface area contributed by atoms with Crippen molar-refractivity contribution in [2.24, 2.45) is 5.73 Å². The van der Waals surface area contributed by atoms with Crippen molar-refractivity contribution in [2.75, 3.05) is 0 Å². The van der Waals surface area contributed by atoms with E-state index in [2.05, 4.69) is 5.32 Å². The summed E-state index contributed by atoms with van der Waals surface area (Å²) in [4.78, 5) is 23.2. The first kappa shape index (κ1) is 15.9. The maximum absolute atomic E-state index is 11.9. The minimum absolute atomic E-state index is 0.310. The molecule has 0 unspecified atom stereocenters. The van der Waals surface area contributed by atoms with Gasteiger partial charge in [0.1, 0.15) is 6.04 Å². The van der Waals surface area contributed by atoms with Gasteiger partial charge in [0.15, 0.2) is 6.10 Å². The third kappa shape index (κ3) is 4.85. The zero-order chi connectivity index (χ0) is 15.1. The van der Waals surface area contributed by atoms with Crippen LogP contribution in [0.15, 0.2) is 42.0 Å². The van der Waals surface area contributed by atoms with E-state index in [1.165, 1.54) is 0 Å². The fraction of sp³-hybridized carbons (Fsp3) is 0.333. The largest absolute Gasteiger partial charge is 0.378 e. The number of benzene rings is 1. The molecule has 0 aliphatic heterocycles. The van der Waals surface area contributed by atoms with Gasteiger partial charge in [0.25, 0.3) is 5.91 Å². The van der Waals surface area contributed by atoms with Crippen molar-refractivity contribution in [3.63, 3.8) is 0 Å². The second-order valence-corrected chi connectivity index (χ2v) is 4.79. The number of nitrogens with two attached hydrogens (primary N) is 1. The van der Waals surface area contributed by atoms with Crippen LogP contribution in [-0.2, 0) is 9.59 Å². The molecule has 1 aromatic rings. The van der Waals surface area contributed by atoms with Gasteiger partial charge in [0.05, 0.1) is 0 Å². The van der Waals surface area contributed by atoms with Crippen LogP contribution in [0, 0.1) is 0 Å². The maximum Gasteiger partial charge on any atom is 0.254 e. The fourth-order valence-electron chi connectivity index (χ4n) is 1.64. The van der Waals surface area contributed by atoms with E-state index in [0.717, 1.165) is 5.57 Å². The Kier molecular flexibility index (Phi) is 5.93. The average Bonchev–Trinajstić information content (AvgIpc) is 2.42. The van der Waals surface area contributed by atoms with Crippen LogP contribution >= 0.6 is 0 Å². The first-order chi connectivity index (χ1) is 9.41. The molecule has 108 valence electrons. The summed E-state index contributed by atoms with van der Waals surface area (Å²) >= 11 is 0. The second-order valence-electron chi connectivity index (χ2n) is 4.79. The highest BCUT2D eigenvalue weighted by Crippen LogP contribution is 2.12. The summed E-state index contributed by atoms with van der Waals surface area (Å²) in [5.74, 6) is -1.27. The number of amides is 2. The highest BCUT2D eigenvalue weighted by Gasteiger charge is 2.22. The number of aliphatic hydroxyl groups is 1. The number of aliphatic hydroxyl groups excluding tert-OH is 1. The van der Waals surface area contributed by atoms with Crippen LogP contribution in [0.2, 0.25) is 0 Å². The molecule has 5 nitrogen and oxygen atoms in total. The van der Waals surface area contributed by atoms with E-state index in [4.69, 9.17) is 5.73 Å². The molecule has 5 heteroatoms. The van der Waals surface area contributed by atoms with E-state index in [1.54, 1.807) is 30.3 Å². The Morgan fingerprint density at radius 3 is 2.40 bits per heavy atom. The molecule has 0 fully saturated rings. The Labute approximate surface area is 118 Å². The lowest BCUT2D eigenvalue weighted by atomic mass is 10.1. The Morgan fingerprint density at radius 2 is 1.90 bits per heavy atom. The quantitative estimate of drug-likeness (QED) is 0.678. The molecule has 0 spiro atoms. The zero-order valence-electron chi connectivity index (χ0n) is 11.7. The Hall–Kier alpha value is -2.14. The van der Waals surface area contributed by atoms with E-state index >= 15 is 0 Å². The van der Waals surface area contributed by atoms with Crippen LogP contribution in [0.4, 0.5) is 0 Å². The SMILES string of the molecule is CC(C)=CC[C@@H](NC(=O)[C@@H](O)c1ccccc1)C(N)=O. The van der Waals surface area contributed by atoms with Gasteiger partial charge in [0.2, 0.25) is 5.91 Å². The van der Waals surface area contributed by atoms with Gasteiger partial charge in [-0.1, -0.05) is 42.0 Å². The molecule has 0 aromatic heterocycles. The molecule has 0 saturated carbocycles. The van der Waals surface area contributed by atoms with Gasteiger partial charge in [-0.2, -0.15) is 0 Å². The topological polar surface area (TPSA) is 92.4 Å². The van der Waals surface area contributed by atoms with Gasteiger partial charge < -0.3 is 16.2 Å². The second kappa shape index (κ2) is 7.45. The summed E-state index contributed by atoms with van der Waals surface area (Å²) in [6.45, 7) is 3.78. The summed E-state index contributed by atoms with van der Waals surface area (Å²) in [7, 11) is 0. The molecule has 2 amide bonds. The molecule has 2 atom stereocenters. The lowest BCUT2D eigenvalue weighted by Crippen LogP contribution is -2.45. The van der Waals surface area contributed by atoms with Crippen LogP contribution in [0.3, 0.4) is 0 Å². The summed E-state index contributed by atoms with van der Waals surface area (Å²) in [5, 5.41) is 12.4. The molecule has 20 heavy (non-hydrogen) atoms. The molecule has 1 rings (SSSR count). The Balaban J connectivity index is 2.71. The lowest BCUT2D eigenvalue weighted by Gasteiger charge is -2.17. The van der Waals surface area contributed by atoms with Crippen LogP contribution in [-0.4, -0.2) is 23.0 Å². The van der Waals surface area contributed by atoms with Crippen molar-refractivity contribution in [1.82, 2.24) is 5.32 Å². The molecule has 0 radical (unpaired) electrons. The summed E-state index contributed by atoms with van der Waals surface area (Å²) in [5.41, 5.74) is 6.74. The van der Waals surface area contributed by atoms with Crippen LogP contribution in [0.5, 0.6) is 0 Å². The van der Waals surface area contributed by atoms with Crippen molar-refractivity contribution < 1.29 is 14.7 Å². The number of primary amides is 1. The van der Waals surface area contributed by atoms with Gasteiger partial charge in [-0.15, -0.1) is 0 Å². The minimum Gasteiger partial charge on any atom is -0.378 e. The molecule has 4 N–H and O–H groups in total. The highest BCUT2D eigenvalue weighted by molar-refractivity contribution is 5.89. The maximum atomic E-state index is 11.9. The van der Waals surface area contributed by atoms with Crippen molar-refractivity contribution in [3.05, 3.63) is 47.5 Å². The number of carbonyl (C=O) groups excluding carboxylic acids is 2. The zero-order valence-corrected chi connectivity index (χ0v) is 11.7. The first-order valence-electron chi connectivity index (χ1n) is 6.38. The number of carbonyl (C=O) groups is 2. The van der Waals surface area contributed by atoms with E-state index in [-0.39, 0.29) is 0 Å². The third-order valence-electron chi connectivity index (χ3n) is 2.79. The van der Waals surface area contributed by atoms with Crippen molar-refractivity contribution in [3.8, 4) is 0 Å². The van der Waals surface area contributed by atoms with E-state index in [0.29, 0.717) is 12.0 Å². The van der Waals surface area contributed by atoms with Crippen molar-refractivity contribution in [1.29, 1.82) is 0 Å². The molecule has 0 saturated heterocycles. The molecular weight excluding hydrogens is 256 g/mol. The Bertz CT molecular complexity index is 493. The average molecular weight is 276 g/mol. The number of nitrogens with one attached hydrogen (secondary N) is 1. The molecular formula is C15H20N2O3. The van der Waals surface area contributed by atoms with Gasteiger partial charge >= 0.3 is 0 Å². The predicted octanol–water partition coefficient (Wildman–Crippen LogP) is 1.05. The predicted molar refractivity (Wildman–Crippen MR) is 76.6 cm³/mol. The van der Waals surface area contributed by atoms with E-state index in [1.807, 2.05) is 19.9 Å². The summed E-state index contributed by atoms with van der Waals surface area (Å²) in [6, 6.07) is 7.69. The minimum atomic E-state index is -1.32. The van der Waals surface area contributed by atoms with E-state index < -0.39 is 24.0 Å². The number of rotatable bonds is 6. The van der Waals surface area contributed by atoms with Gasteiger partial charge in [-0.05, 0) is 25.8 Å². The van der Waals surface area contributed by atoms with Gasteiger partial charge in [-0.25, -0.2) is 0 Å². The Morgan fingerprint density at radius 1 is 1.30 bits per heavy atom. The molecule has 0 bridgehead atoms. The standard InChI is InChI=1S/C15H20N2O3/c1-10(2)8-9-12(14(16)19)17-15(20)13(18)11-6-4-3-5-7-11/h3-8,12-13,18H,9H2,1-2H3,(H2,16,19)(H,17,20)/t12-,13+/m1/s1. The molecule has 0 heterocycles. The number of allylic oxidation sites excluding steroid dienone is 1. The van der Waals surface area contributed by atoms with Crippen molar-refractivity contribution >= 4 is 11.8 Å². The first-order valence-corrected chi connectivity index (χ1v) is 6.38. The van der Waals surface area contributed by atoms with Crippen LogP contribution in [0.1, 0.15) is 31.9 Å². The van der Waals surface area contributed by atoms with Crippen LogP contribution < -0.4 is 11.1 Å². The molecule has 1 aromatic carbocycles. The number of hydrogen-bond acceptors (Lipinski definition) is 3. The third-order valence-corrected chi connectivity index (χ3v) is 2.79.